The molecule has 1 aliphatic carbocycles. The van der Waals surface area contributed by atoms with Gasteiger partial charge >= 0.3 is 0 Å². The van der Waals surface area contributed by atoms with Gasteiger partial charge in [0.1, 0.15) is 5.41 Å². The van der Waals surface area contributed by atoms with Crippen LogP contribution < -0.4 is 5.32 Å². The Kier molecular flexibility index (Phi) is 3.64. The van der Waals surface area contributed by atoms with Gasteiger partial charge in [-0.1, -0.05) is 0 Å². The largest absolute Gasteiger partial charge is 0.388 e. The molecule has 0 aromatic rings. The number of carbonyl (C=O) groups is 1. The van der Waals surface area contributed by atoms with Gasteiger partial charge < -0.3 is 10.4 Å². The first-order valence-corrected chi connectivity index (χ1v) is 7.25. The fraction of sp³-hybridized carbons (Fsp3) is 0.833. The van der Waals surface area contributed by atoms with Gasteiger partial charge in [-0.25, -0.2) is 0 Å². The fourth-order valence-electron chi connectivity index (χ4n) is 2.26. The van der Waals surface area contributed by atoms with Crippen LogP contribution in [0, 0.1) is 16.7 Å². The molecule has 0 unspecified atom stereocenters. The minimum Gasteiger partial charge on any atom is -0.388 e. The molecular weight excluding hydrogens is 236 g/mol. The molecule has 1 saturated heterocycles. The SMILES string of the molecule is N#CC1(C(=O)NCC2(O)CCSCC2)CCC1. The molecule has 0 bridgehead atoms. The Morgan fingerprint density at radius 3 is 2.47 bits per heavy atom. The van der Waals surface area contributed by atoms with Crippen molar-refractivity contribution < 1.29 is 9.90 Å². The lowest BCUT2D eigenvalue weighted by atomic mass is 9.69. The van der Waals surface area contributed by atoms with Crippen LogP contribution in [-0.4, -0.2) is 34.7 Å². The number of rotatable bonds is 3. The number of nitriles is 1. The molecular formula is C12H18N2O2S. The lowest BCUT2D eigenvalue weighted by Crippen LogP contribution is -2.51. The molecule has 0 radical (unpaired) electrons. The van der Waals surface area contributed by atoms with E-state index >= 15 is 0 Å². The predicted molar refractivity (Wildman–Crippen MR) is 66.4 cm³/mol. The molecule has 0 aromatic carbocycles. The topological polar surface area (TPSA) is 73.1 Å². The highest BCUT2D eigenvalue weighted by Gasteiger charge is 2.45. The smallest absolute Gasteiger partial charge is 0.240 e. The average molecular weight is 254 g/mol. The van der Waals surface area contributed by atoms with Crippen molar-refractivity contribution in [2.45, 2.75) is 37.7 Å². The van der Waals surface area contributed by atoms with Gasteiger partial charge in [0.15, 0.2) is 0 Å². The van der Waals surface area contributed by atoms with Gasteiger partial charge in [-0.15, -0.1) is 0 Å². The summed E-state index contributed by atoms with van der Waals surface area (Å²) in [6, 6.07) is 2.12. The summed E-state index contributed by atoms with van der Waals surface area (Å²) in [4.78, 5) is 11.9. The normalized spacial score (nSPS) is 25.4. The van der Waals surface area contributed by atoms with Crippen molar-refractivity contribution in [2.75, 3.05) is 18.1 Å². The summed E-state index contributed by atoms with van der Waals surface area (Å²) in [7, 11) is 0. The van der Waals surface area contributed by atoms with Crippen LogP contribution in [0.1, 0.15) is 32.1 Å². The number of thioether (sulfide) groups is 1. The van der Waals surface area contributed by atoms with Gasteiger partial charge in [-0.2, -0.15) is 17.0 Å². The van der Waals surface area contributed by atoms with E-state index in [2.05, 4.69) is 11.4 Å². The van der Waals surface area contributed by atoms with E-state index in [1.165, 1.54) is 0 Å². The van der Waals surface area contributed by atoms with Gasteiger partial charge in [0.2, 0.25) is 5.91 Å². The third-order valence-electron chi connectivity index (χ3n) is 3.86. The summed E-state index contributed by atoms with van der Waals surface area (Å²) in [5.41, 5.74) is -1.57. The van der Waals surface area contributed by atoms with Crippen LogP contribution in [0.5, 0.6) is 0 Å². The van der Waals surface area contributed by atoms with Crippen LogP contribution in [0.25, 0.3) is 0 Å². The summed E-state index contributed by atoms with van der Waals surface area (Å²) in [6.45, 7) is 0.288. The van der Waals surface area contributed by atoms with E-state index in [1.807, 2.05) is 11.8 Å². The second-order valence-electron chi connectivity index (χ2n) is 5.07. The predicted octanol–water partition coefficient (Wildman–Crippen LogP) is 1.05. The Hall–Kier alpha value is -0.730. The molecule has 2 aliphatic rings. The molecule has 5 heteroatoms. The van der Waals surface area contributed by atoms with Crippen molar-refractivity contribution in [1.82, 2.24) is 5.32 Å². The highest BCUT2D eigenvalue weighted by Crippen LogP contribution is 2.40. The summed E-state index contributed by atoms with van der Waals surface area (Å²) >= 11 is 1.83. The number of nitrogens with one attached hydrogen (secondary N) is 1. The minimum atomic E-state index is -0.806. The molecule has 1 aliphatic heterocycles. The van der Waals surface area contributed by atoms with E-state index in [-0.39, 0.29) is 12.5 Å². The van der Waals surface area contributed by atoms with Crippen molar-refractivity contribution >= 4 is 17.7 Å². The lowest BCUT2D eigenvalue weighted by Gasteiger charge is -2.36. The van der Waals surface area contributed by atoms with Crippen molar-refractivity contribution in [3.63, 3.8) is 0 Å². The second kappa shape index (κ2) is 4.87. The Labute approximate surface area is 106 Å². The monoisotopic (exact) mass is 254 g/mol. The maximum absolute atomic E-state index is 11.9. The molecule has 2 rings (SSSR count). The Morgan fingerprint density at radius 2 is 2.00 bits per heavy atom. The van der Waals surface area contributed by atoms with Gasteiger partial charge in [-0.05, 0) is 43.6 Å². The van der Waals surface area contributed by atoms with E-state index in [4.69, 9.17) is 5.26 Å². The summed E-state index contributed by atoms with van der Waals surface area (Å²) in [5.74, 6) is 1.68. The number of amides is 1. The number of carbonyl (C=O) groups excluding carboxylic acids is 1. The third-order valence-corrected chi connectivity index (χ3v) is 4.84. The first-order chi connectivity index (χ1) is 8.10. The van der Waals surface area contributed by atoms with Gasteiger partial charge in [0, 0.05) is 6.54 Å². The molecule has 0 atom stereocenters. The van der Waals surface area contributed by atoms with Crippen molar-refractivity contribution in [1.29, 1.82) is 5.26 Å². The molecule has 1 heterocycles. The van der Waals surface area contributed by atoms with E-state index in [0.29, 0.717) is 12.8 Å². The Bertz CT molecular complexity index is 341. The molecule has 2 N–H and O–H groups in total. The molecule has 17 heavy (non-hydrogen) atoms. The minimum absolute atomic E-state index is 0.196. The Balaban J connectivity index is 1.85. The highest BCUT2D eigenvalue weighted by atomic mass is 32.2. The first-order valence-electron chi connectivity index (χ1n) is 6.10. The van der Waals surface area contributed by atoms with Gasteiger partial charge in [-0.3, -0.25) is 4.79 Å². The number of hydrogen-bond donors (Lipinski definition) is 2. The summed E-state index contributed by atoms with van der Waals surface area (Å²) in [5, 5.41) is 22.0. The van der Waals surface area contributed by atoms with Crippen LogP contribution in [-0.2, 0) is 4.79 Å². The molecule has 0 spiro atoms. The van der Waals surface area contributed by atoms with E-state index in [0.717, 1.165) is 30.8 Å². The lowest BCUT2D eigenvalue weighted by molar-refractivity contribution is -0.133. The zero-order chi connectivity index (χ0) is 12.4. The van der Waals surface area contributed by atoms with Crippen molar-refractivity contribution in [3.05, 3.63) is 0 Å². The number of hydrogen-bond acceptors (Lipinski definition) is 4. The van der Waals surface area contributed by atoms with Gasteiger partial charge in [0.25, 0.3) is 0 Å². The average Bonchev–Trinajstić information content (AvgIpc) is 2.27. The van der Waals surface area contributed by atoms with Crippen LogP contribution in [0.3, 0.4) is 0 Å². The molecule has 1 amide bonds. The second-order valence-corrected chi connectivity index (χ2v) is 6.29. The van der Waals surface area contributed by atoms with Crippen molar-refractivity contribution in [2.24, 2.45) is 5.41 Å². The van der Waals surface area contributed by atoms with E-state index in [9.17, 15) is 9.90 Å². The van der Waals surface area contributed by atoms with Crippen LogP contribution >= 0.6 is 11.8 Å². The zero-order valence-electron chi connectivity index (χ0n) is 9.87. The van der Waals surface area contributed by atoms with Crippen LogP contribution in [0.4, 0.5) is 0 Å². The summed E-state index contributed by atoms with van der Waals surface area (Å²) < 4.78 is 0. The quantitative estimate of drug-likeness (QED) is 0.789. The fourth-order valence-corrected chi connectivity index (χ4v) is 3.51. The molecule has 4 nitrogen and oxygen atoms in total. The standard InChI is InChI=1S/C12H18N2O2S/c13-8-11(2-1-3-11)10(15)14-9-12(16)4-6-17-7-5-12/h16H,1-7,9H2,(H,14,15). The Morgan fingerprint density at radius 1 is 1.35 bits per heavy atom. The third kappa shape index (κ3) is 2.58. The molecule has 2 fully saturated rings. The first kappa shape index (κ1) is 12.7. The van der Waals surface area contributed by atoms with E-state index < -0.39 is 11.0 Å². The van der Waals surface area contributed by atoms with Gasteiger partial charge in [0.05, 0.1) is 11.7 Å². The molecule has 0 aromatic heterocycles. The maximum Gasteiger partial charge on any atom is 0.240 e. The number of nitrogens with zero attached hydrogens (tertiary/aromatic N) is 1. The maximum atomic E-state index is 11.9. The zero-order valence-corrected chi connectivity index (χ0v) is 10.7. The van der Waals surface area contributed by atoms with Crippen molar-refractivity contribution in [3.8, 4) is 6.07 Å². The molecule has 94 valence electrons. The summed E-state index contributed by atoms with van der Waals surface area (Å²) in [6.07, 6.45) is 3.70. The van der Waals surface area contributed by atoms with E-state index in [1.54, 1.807) is 0 Å². The molecule has 1 saturated carbocycles. The number of aliphatic hydroxyl groups is 1. The van der Waals surface area contributed by atoms with Crippen LogP contribution in [0.2, 0.25) is 0 Å². The van der Waals surface area contributed by atoms with Crippen LogP contribution in [0.15, 0.2) is 0 Å². The highest BCUT2D eigenvalue weighted by molar-refractivity contribution is 7.99.